The largest absolute Gasteiger partial charge is 0.417 e. The Morgan fingerprint density at radius 1 is 0.949 bits per heavy atom. The molecule has 0 aliphatic carbocycles. The average molecular weight is 534 g/mol. The fraction of sp³-hybridized carbons (Fsp3) is 0.222. The molecule has 2 aliphatic rings. The van der Waals surface area contributed by atoms with Crippen molar-refractivity contribution in [2.24, 2.45) is 4.99 Å². The Bertz CT molecular complexity index is 1550. The highest BCUT2D eigenvalue weighted by atomic mass is 19.4. The molecule has 0 saturated carbocycles. The molecule has 1 atom stereocenters. The lowest BCUT2D eigenvalue weighted by Gasteiger charge is -2.28. The predicted molar refractivity (Wildman–Crippen MR) is 135 cm³/mol. The van der Waals surface area contributed by atoms with Crippen molar-refractivity contribution < 1.29 is 27.1 Å². The molecular formula is C27H21F3N6O3. The van der Waals surface area contributed by atoms with Crippen molar-refractivity contribution in [2.45, 2.75) is 24.8 Å². The van der Waals surface area contributed by atoms with Gasteiger partial charge in [-0.2, -0.15) is 13.2 Å². The first-order valence-electron chi connectivity index (χ1n) is 12.1. The number of benzene rings is 2. The van der Waals surface area contributed by atoms with Crippen LogP contribution < -0.4 is 10.6 Å². The van der Waals surface area contributed by atoms with Crippen LogP contribution in [0.2, 0.25) is 0 Å². The third-order valence-corrected chi connectivity index (χ3v) is 6.35. The number of alkyl halides is 3. The van der Waals surface area contributed by atoms with Crippen molar-refractivity contribution in [1.82, 2.24) is 15.2 Å². The van der Waals surface area contributed by atoms with Crippen LogP contribution in [-0.2, 0) is 22.1 Å². The van der Waals surface area contributed by atoms with Gasteiger partial charge in [-0.3, -0.25) is 9.79 Å². The van der Waals surface area contributed by atoms with Crippen molar-refractivity contribution in [3.05, 3.63) is 89.1 Å². The number of nitrogens with zero attached hydrogens (tertiary/aromatic N) is 4. The van der Waals surface area contributed by atoms with Crippen LogP contribution in [0.25, 0.3) is 11.6 Å². The van der Waals surface area contributed by atoms with E-state index >= 15 is 0 Å². The van der Waals surface area contributed by atoms with Crippen LogP contribution >= 0.6 is 0 Å². The molecule has 39 heavy (non-hydrogen) atoms. The Hall–Kier alpha value is -4.58. The zero-order valence-corrected chi connectivity index (χ0v) is 20.3. The number of rotatable bonds is 6. The maximum absolute atomic E-state index is 13.3. The van der Waals surface area contributed by atoms with Gasteiger partial charge in [-0.05, 0) is 11.6 Å². The van der Waals surface area contributed by atoms with Gasteiger partial charge < -0.3 is 19.8 Å². The summed E-state index contributed by atoms with van der Waals surface area (Å²) in [6.07, 6.45) is -4.78. The number of anilines is 2. The number of fused-ring (bicyclic) bond motifs is 1. The number of carbonyl (C=O) groups excluding carboxylic acids is 1. The van der Waals surface area contributed by atoms with Crippen LogP contribution in [0.5, 0.6) is 0 Å². The second kappa shape index (κ2) is 9.95. The molecule has 1 saturated heterocycles. The Balaban J connectivity index is 1.32. The van der Waals surface area contributed by atoms with E-state index in [2.05, 4.69) is 25.8 Å². The number of nitrogens with one attached hydrogen (secondary N) is 2. The van der Waals surface area contributed by atoms with Gasteiger partial charge in [-0.15, -0.1) is 5.10 Å². The quantitative estimate of drug-likeness (QED) is 0.375. The van der Waals surface area contributed by atoms with Gasteiger partial charge in [0.25, 0.3) is 5.89 Å². The number of halogens is 3. The lowest BCUT2D eigenvalue weighted by molar-refractivity contribution is -0.137. The molecule has 1 fully saturated rings. The van der Waals surface area contributed by atoms with Crippen LogP contribution in [0.1, 0.15) is 22.3 Å². The van der Waals surface area contributed by atoms with Crippen molar-refractivity contribution in [1.29, 1.82) is 0 Å². The lowest BCUT2D eigenvalue weighted by Crippen LogP contribution is -2.40. The topological polar surface area (TPSA) is 115 Å². The number of carbonyl (C=O) groups is 1. The highest BCUT2D eigenvalue weighted by molar-refractivity contribution is 6.16. The van der Waals surface area contributed by atoms with E-state index in [4.69, 9.17) is 14.1 Å². The Labute approximate surface area is 220 Å². The van der Waals surface area contributed by atoms with E-state index in [0.29, 0.717) is 25.1 Å². The highest BCUT2D eigenvalue weighted by Crippen LogP contribution is 2.35. The number of hydrogen-bond donors (Lipinski definition) is 2. The summed E-state index contributed by atoms with van der Waals surface area (Å²) in [6, 6.07) is 17.7. The van der Waals surface area contributed by atoms with Gasteiger partial charge in [0.2, 0.25) is 0 Å². The number of Topliss-reactive ketones (excluding diaryl/α,β-unsaturated/α-hetero) is 1. The zero-order valence-electron chi connectivity index (χ0n) is 20.3. The third kappa shape index (κ3) is 5.10. The fourth-order valence-corrected chi connectivity index (χ4v) is 4.33. The van der Waals surface area contributed by atoms with Gasteiger partial charge in [0.05, 0.1) is 36.2 Å². The summed E-state index contributed by atoms with van der Waals surface area (Å²) in [5, 5.41) is 13.8. The molecule has 0 unspecified atom stereocenters. The van der Waals surface area contributed by atoms with Crippen LogP contribution in [0.15, 0.2) is 76.3 Å². The number of ether oxygens (including phenoxy) is 1. The number of aromatic nitrogens is 3. The van der Waals surface area contributed by atoms with E-state index in [1.54, 1.807) is 0 Å². The average Bonchev–Trinajstić information content (AvgIpc) is 3.31. The molecular weight excluding hydrogens is 513 g/mol. The van der Waals surface area contributed by atoms with Crippen LogP contribution in [0.3, 0.4) is 0 Å². The first kappa shape index (κ1) is 24.7. The molecule has 6 rings (SSSR count). The van der Waals surface area contributed by atoms with Gasteiger partial charge in [-0.25, -0.2) is 4.98 Å². The summed E-state index contributed by atoms with van der Waals surface area (Å²) < 4.78 is 50.8. The van der Waals surface area contributed by atoms with E-state index in [0.717, 1.165) is 22.8 Å². The van der Waals surface area contributed by atoms with Gasteiger partial charge >= 0.3 is 12.2 Å². The van der Waals surface area contributed by atoms with Gasteiger partial charge in [0.15, 0.2) is 17.6 Å². The summed E-state index contributed by atoms with van der Waals surface area (Å²) in [4.78, 5) is 21.9. The Morgan fingerprint density at radius 3 is 2.46 bits per heavy atom. The summed E-state index contributed by atoms with van der Waals surface area (Å²) >= 11 is 0. The molecule has 2 aromatic carbocycles. The maximum Gasteiger partial charge on any atom is 0.417 e. The number of ketones is 1. The molecule has 0 amide bonds. The number of pyridine rings is 1. The molecule has 9 nitrogen and oxygen atoms in total. The van der Waals surface area contributed by atoms with Crippen LogP contribution in [-0.4, -0.2) is 52.1 Å². The smallest absolute Gasteiger partial charge is 0.402 e. The second-order valence-electron chi connectivity index (χ2n) is 9.10. The van der Waals surface area contributed by atoms with E-state index in [1.165, 1.54) is 0 Å². The van der Waals surface area contributed by atoms with E-state index in [9.17, 15) is 18.0 Å². The second-order valence-corrected chi connectivity index (χ2v) is 9.10. The van der Waals surface area contributed by atoms with Crippen molar-refractivity contribution >= 4 is 23.2 Å². The standard InChI is InChI=1S/C27H21F3N6O3/c28-27(29,30)17-11-20(32-18-13-38-14-18)23(31-12-17)25-35-36-26(39-25)34-24-21(37)10-16-8-4-5-9-19(16)22(33-24)15-6-2-1-3-7-15/h1-9,11-12,18,24,32H,10,13-14H2,(H,34,36)/t24-/m1/s1. The first-order valence-corrected chi connectivity index (χ1v) is 12.1. The Kier molecular flexibility index (Phi) is 6.31. The molecule has 4 aromatic rings. The summed E-state index contributed by atoms with van der Waals surface area (Å²) in [5.41, 5.74) is 2.36. The van der Waals surface area contributed by atoms with E-state index in [-0.39, 0.29) is 41.5 Å². The van der Waals surface area contributed by atoms with Crippen molar-refractivity contribution in [2.75, 3.05) is 23.8 Å². The molecule has 0 bridgehead atoms. The molecule has 2 aromatic heterocycles. The highest BCUT2D eigenvalue weighted by Gasteiger charge is 2.33. The molecule has 198 valence electrons. The van der Waals surface area contributed by atoms with Crippen LogP contribution in [0, 0.1) is 0 Å². The number of aliphatic imine (C=N–C) groups is 1. The molecule has 4 heterocycles. The SMILES string of the molecule is O=C1Cc2ccccc2C(c2ccccc2)=N[C@@H]1Nc1nnc(-c2ncc(C(F)(F)F)cc2NC2COC2)o1. The summed E-state index contributed by atoms with van der Waals surface area (Å²) in [5.74, 6) is -0.335. The lowest BCUT2D eigenvalue weighted by atomic mass is 9.96. The van der Waals surface area contributed by atoms with Crippen LogP contribution in [0.4, 0.5) is 24.9 Å². The maximum atomic E-state index is 13.3. The van der Waals surface area contributed by atoms with E-state index < -0.39 is 17.9 Å². The molecule has 0 spiro atoms. The molecule has 0 radical (unpaired) electrons. The van der Waals surface area contributed by atoms with Gasteiger partial charge in [-0.1, -0.05) is 59.7 Å². The first-order chi connectivity index (χ1) is 18.8. The molecule has 2 aliphatic heterocycles. The minimum atomic E-state index is -4.58. The van der Waals surface area contributed by atoms with Gasteiger partial charge in [0.1, 0.15) is 0 Å². The minimum Gasteiger partial charge on any atom is -0.402 e. The molecule has 12 heteroatoms. The summed E-state index contributed by atoms with van der Waals surface area (Å²) in [6.45, 7) is 0.695. The zero-order chi connectivity index (χ0) is 27.0. The third-order valence-electron chi connectivity index (χ3n) is 6.35. The van der Waals surface area contributed by atoms with E-state index in [1.807, 2.05) is 54.6 Å². The predicted octanol–water partition coefficient (Wildman–Crippen LogP) is 4.36. The Morgan fingerprint density at radius 2 is 1.72 bits per heavy atom. The fourth-order valence-electron chi connectivity index (χ4n) is 4.33. The number of hydrogen-bond acceptors (Lipinski definition) is 9. The molecule has 2 N–H and O–H groups in total. The van der Waals surface area contributed by atoms with Crippen molar-refractivity contribution in [3.8, 4) is 11.6 Å². The van der Waals surface area contributed by atoms with Gasteiger partial charge in [0, 0.05) is 23.7 Å². The normalized spacial score (nSPS) is 17.6. The minimum absolute atomic E-state index is 0.0449. The monoisotopic (exact) mass is 534 g/mol. The van der Waals surface area contributed by atoms with Crippen molar-refractivity contribution in [3.63, 3.8) is 0 Å². The summed E-state index contributed by atoms with van der Waals surface area (Å²) in [7, 11) is 0.